The lowest BCUT2D eigenvalue weighted by Crippen LogP contribution is -2.33. The first-order valence-corrected chi connectivity index (χ1v) is 10.5. The van der Waals surface area contributed by atoms with Gasteiger partial charge < -0.3 is 15.2 Å². The first kappa shape index (κ1) is 19.6. The van der Waals surface area contributed by atoms with Crippen LogP contribution in [-0.2, 0) is 0 Å². The van der Waals surface area contributed by atoms with E-state index in [0.717, 1.165) is 36.8 Å². The fraction of sp³-hybridized carbons (Fsp3) is 0.571. The summed E-state index contributed by atoms with van der Waals surface area (Å²) in [6, 6.07) is 6.05. The van der Waals surface area contributed by atoms with Gasteiger partial charge in [-0.2, -0.15) is 0 Å². The van der Waals surface area contributed by atoms with Crippen LogP contribution >= 0.6 is 11.6 Å². The molecule has 1 amide bonds. The topological polar surface area (TPSA) is 46.1 Å². The molecule has 1 aliphatic heterocycles. The zero-order valence-electron chi connectivity index (χ0n) is 15.8. The maximum absolute atomic E-state index is 13.3. The number of aromatic nitrogens is 1. The molecule has 2 aromatic rings. The van der Waals surface area contributed by atoms with E-state index in [2.05, 4.69) is 15.2 Å². The van der Waals surface area contributed by atoms with Crippen LogP contribution in [0.4, 0.5) is 8.78 Å². The van der Waals surface area contributed by atoms with E-state index in [1.807, 2.05) is 18.3 Å². The highest BCUT2D eigenvalue weighted by Gasteiger charge is 2.35. The molecule has 1 aliphatic carbocycles. The molecule has 0 atom stereocenters. The third-order valence-corrected chi connectivity index (χ3v) is 6.46. The summed E-state index contributed by atoms with van der Waals surface area (Å²) in [6.45, 7) is 2.34. The Morgan fingerprint density at radius 1 is 1.21 bits per heavy atom. The molecule has 28 heavy (non-hydrogen) atoms. The minimum absolute atomic E-state index is 0.0889. The number of piperidine rings is 1. The van der Waals surface area contributed by atoms with Crippen molar-refractivity contribution in [1.29, 1.82) is 0 Å². The first-order chi connectivity index (χ1) is 13.4. The van der Waals surface area contributed by atoms with Gasteiger partial charge in [0.1, 0.15) is 0 Å². The zero-order chi connectivity index (χ0) is 19.7. The second-order valence-electron chi connectivity index (χ2n) is 8.07. The standard InChI is InChI=1S/C21H26ClF2N3O/c22-17-2-1-3-18-19(17)16(13-27(18)15-6-10-25-11-7-15)20(28)26-12-14-4-8-21(23,24)9-5-14/h1-3,13-15,25H,4-12H2,(H,26,28). The molecule has 1 saturated carbocycles. The normalized spacial score (nSPS) is 21.1. The molecule has 2 heterocycles. The van der Waals surface area contributed by atoms with Gasteiger partial charge in [0.15, 0.2) is 0 Å². The van der Waals surface area contributed by atoms with E-state index in [4.69, 9.17) is 11.6 Å². The van der Waals surface area contributed by atoms with Gasteiger partial charge in [-0.25, -0.2) is 8.78 Å². The number of halogens is 3. The van der Waals surface area contributed by atoms with Crippen molar-refractivity contribution in [3.05, 3.63) is 35.0 Å². The number of carbonyl (C=O) groups is 1. The molecule has 0 spiro atoms. The van der Waals surface area contributed by atoms with Crippen molar-refractivity contribution >= 4 is 28.4 Å². The molecular weight excluding hydrogens is 384 g/mol. The van der Waals surface area contributed by atoms with Crippen LogP contribution in [0, 0.1) is 5.92 Å². The summed E-state index contributed by atoms with van der Waals surface area (Å²) in [4.78, 5) is 12.9. The number of rotatable bonds is 4. The maximum atomic E-state index is 13.3. The molecule has 0 unspecified atom stereocenters. The Balaban J connectivity index is 1.53. The molecule has 4 rings (SSSR count). The van der Waals surface area contributed by atoms with Crippen molar-refractivity contribution in [1.82, 2.24) is 15.2 Å². The second kappa shape index (κ2) is 7.99. The second-order valence-corrected chi connectivity index (χ2v) is 8.48. The molecule has 2 aliphatic rings. The summed E-state index contributed by atoms with van der Waals surface area (Å²) >= 11 is 6.45. The summed E-state index contributed by atoms with van der Waals surface area (Å²) in [5, 5.41) is 7.66. The van der Waals surface area contributed by atoms with Gasteiger partial charge in [0.05, 0.1) is 16.1 Å². The Kier molecular flexibility index (Phi) is 5.61. The lowest BCUT2D eigenvalue weighted by molar-refractivity contribution is -0.0452. The largest absolute Gasteiger partial charge is 0.352 e. The van der Waals surface area contributed by atoms with Crippen molar-refractivity contribution in [2.45, 2.75) is 50.5 Å². The minimum atomic E-state index is -2.55. The van der Waals surface area contributed by atoms with Crippen LogP contribution in [0.5, 0.6) is 0 Å². The Hall–Kier alpha value is -1.66. The number of hydrogen-bond donors (Lipinski definition) is 2. The van der Waals surface area contributed by atoms with Crippen LogP contribution in [0.1, 0.15) is 54.9 Å². The summed E-state index contributed by atoms with van der Waals surface area (Å²) in [6.07, 6.45) is 4.65. The fourth-order valence-electron chi connectivity index (χ4n) is 4.46. The summed E-state index contributed by atoms with van der Waals surface area (Å²) < 4.78 is 28.8. The number of hydrogen-bond acceptors (Lipinski definition) is 2. The Morgan fingerprint density at radius 2 is 1.93 bits per heavy atom. The van der Waals surface area contributed by atoms with E-state index in [9.17, 15) is 13.6 Å². The highest BCUT2D eigenvalue weighted by molar-refractivity contribution is 6.36. The van der Waals surface area contributed by atoms with Crippen LogP contribution in [-0.4, -0.2) is 36.0 Å². The van der Waals surface area contributed by atoms with Gasteiger partial charge in [0, 0.05) is 37.0 Å². The molecular formula is C21H26ClF2N3O. The van der Waals surface area contributed by atoms with E-state index >= 15 is 0 Å². The van der Waals surface area contributed by atoms with E-state index in [1.54, 1.807) is 6.07 Å². The predicted octanol–water partition coefficient (Wildman–Crippen LogP) is 4.77. The van der Waals surface area contributed by atoms with Crippen molar-refractivity contribution in [2.75, 3.05) is 19.6 Å². The highest BCUT2D eigenvalue weighted by Crippen LogP contribution is 2.36. The monoisotopic (exact) mass is 409 g/mol. The number of carbonyl (C=O) groups excluding carboxylic acids is 1. The quantitative estimate of drug-likeness (QED) is 0.763. The highest BCUT2D eigenvalue weighted by atomic mass is 35.5. The van der Waals surface area contributed by atoms with Gasteiger partial charge in [-0.1, -0.05) is 17.7 Å². The number of amides is 1. The molecule has 1 aromatic heterocycles. The van der Waals surface area contributed by atoms with E-state index < -0.39 is 5.92 Å². The number of alkyl halides is 2. The van der Waals surface area contributed by atoms with Crippen molar-refractivity contribution < 1.29 is 13.6 Å². The number of nitrogens with zero attached hydrogens (tertiary/aromatic N) is 1. The SMILES string of the molecule is O=C(NCC1CCC(F)(F)CC1)c1cn(C2CCNCC2)c2cccc(Cl)c12. The Morgan fingerprint density at radius 3 is 2.64 bits per heavy atom. The lowest BCUT2D eigenvalue weighted by Gasteiger charge is -2.28. The van der Waals surface area contributed by atoms with Crippen LogP contribution in [0.15, 0.2) is 24.4 Å². The zero-order valence-corrected chi connectivity index (χ0v) is 16.6. The molecule has 1 saturated heterocycles. The van der Waals surface area contributed by atoms with E-state index in [0.29, 0.717) is 36.0 Å². The first-order valence-electron chi connectivity index (χ1n) is 10.1. The van der Waals surface area contributed by atoms with Gasteiger partial charge in [0.25, 0.3) is 5.91 Å². The number of fused-ring (bicyclic) bond motifs is 1. The summed E-state index contributed by atoms with van der Waals surface area (Å²) in [5.74, 6) is -2.61. The van der Waals surface area contributed by atoms with Gasteiger partial charge >= 0.3 is 0 Å². The third kappa shape index (κ3) is 4.03. The Labute approximate surface area is 168 Å². The van der Waals surface area contributed by atoms with Gasteiger partial charge in [-0.05, 0) is 56.8 Å². The molecule has 0 bridgehead atoms. The van der Waals surface area contributed by atoms with Crippen LogP contribution in [0.2, 0.25) is 5.02 Å². The molecule has 1 aromatic carbocycles. The van der Waals surface area contributed by atoms with Crippen molar-refractivity contribution in [3.8, 4) is 0 Å². The van der Waals surface area contributed by atoms with Gasteiger partial charge in [0.2, 0.25) is 5.92 Å². The van der Waals surface area contributed by atoms with Crippen LogP contribution in [0.3, 0.4) is 0 Å². The Bertz CT molecular complexity index is 851. The smallest absolute Gasteiger partial charge is 0.253 e. The minimum Gasteiger partial charge on any atom is -0.352 e. The molecule has 152 valence electrons. The number of nitrogens with one attached hydrogen (secondary N) is 2. The van der Waals surface area contributed by atoms with Gasteiger partial charge in [-0.3, -0.25) is 4.79 Å². The van der Waals surface area contributed by atoms with Gasteiger partial charge in [-0.15, -0.1) is 0 Å². The van der Waals surface area contributed by atoms with Crippen LogP contribution < -0.4 is 10.6 Å². The average molecular weight is 410 g/mol. The fourth-order valence-corrected chi connectivity index (χ4v) is 4.73. The molecule has 2 fully saturated rings. The van der Waals surface area contributed by atoms with E-state index in [-0.39, 0.29) is 24.7 Å². The summed E-state index contributed by atoms with van der Waals surface area (Å²) in [7, 11) is 0. The predicted molar refractivity (Wildman–Crippen MR) is 107 cm³/mol. The lowest BCUT2D eigenvalue weighted by atomic mass is 9.87. The molecule has 7 heteroatoms. The maximum Gasteiger partial charge on any atom is 0.253 e. The van der Waals surface area contributed by atoms with Crippen molar-refractivity contribution in [2.24, 2.45) is 5.92 Å². The molecule has 2 N–H and O–H groups in total. The molecule has 0 radical (unpaired) electrons. The van der Waals surface area contributed by atoms with Crippen molar-refractivity contribution in [3.63, 3.8) is 0 Å². The average Bonchev–Trinajstić information content (AvgIpc) is 3.09. The number of benzene rings is 1. The van der Waals surface area contributed by atoms with E-state index in [1.165, 1.54) is 0 Å². The van der Waals surface area contributed by atoms with Crippen LogP contribution in [0.25, 0.3) is 10.9 Å². The molecule has 4 nitrogen and oxygen atoms in total. The summed E-state index contributed by atoms with van der Waals surface area (Å²) in [5.41, 5.74) is 1.54. The third-order valence-electron chi connectivity index (χ3n) is 6.14.